The molecule has 0 heterocycles. The fraction of sp³-hybridized carbons (Fsp3) is 0.500. The zero-order valence-electron chi connectivity index (χ0n) is 17.4. The predicted molar refractivity (Wildman–Crippen MR) is 113 cm³/mol. The number of fused-ring (bicyclic) bond motifs is 5. The zero-order chi connectivity index (χ0) is 20.2. The molecule has 0 radical (unpaired) electrons. The third kappa shape index (κ3) is 3.02. The van der Waals surface area contributed by atoms with Crippen LogP contribution in [0.1, 0.15) is 72.0 Å². The van der Waals surface area contributed by atoms with E-state index in [4.69, 9.17) is 4.74 Å². The van der Waals surface area contributed by atoms with Crippen LogP contribution in [0.3, 0.4) is 0 Å². The minimum atomic E-state index is -0.296. The highest BCUT2D eigenvalue weighted by Gasteiger charge is 2.54. The number of rotatable bonds is 2. The SMILES string of the molecule is Cc1cc2c(cc1OC(=O)c1ccccc1)CC[C@@H]1[C@@H]2CC[C@]2(C)[C@@H](O)CC[C@@H]12. The Morgan fingerprint density at radius 3 is 2.69 bits per heavy atom. The second-order valence-electron chi connectivity index (χ2n) is 9.63. The number of aliphatic hydroxyl groups excluding tert-OH is 1. The molecule has 0 unspecified atom stereocenters. The second kappa shape index (κ2) is 6.98. The van der Waals surface area contributed by atoms with Gasteiger partial charge in [-0.1, -0.05) is 31.2 Å². The molecule has 3 heteroatoms. The van der Waals surface area contributed by atoms with E-state index in [2.05, 4.69) is 19.1 Å². The lowest BCUT2D eigenvalue weighted by Crippen LogP contribution is -2.43. The van der Waals surface area contributed by atoms with Crippen molar-refractivity contribution in [2.75, 3.05) is 0 Å². The summed E-state index contributed by atoms with van der Waals surface area (Å²) in [5.74, 6) is 2.29. The monoisotopic (exact) mass is 390 g/mol. The Kier molecular flexibility index (Phi) is 4.54. The lowest BCUT2D eigenvalue weighted by atomic mass is 9.55. The lowest BCUT2D eigenvalue weighted by Gasteiger charge is -2.50. The van der Waals surface area contributed by atoms with E-state index in [0.29, 0.717) is 29.1 Å². The van der Waals surface area contributed by atoms with Crippen LogP contribution in [-0.4, -0.2) is 17.2 Å². The van der Waals surface area contributed by atoms with Crippen molar-refractivity contribution in [3.63, 3.8) is 0 Å². The van der Waals surface area contributed by atoms with Gasteiger partial charge >= 0.3 is 5.97 Å². The molecule has 3 aliphatic carbocycles. The van der Waals surface area contributed by atoms with Gasteiger partial charge in [0.15, 0.2) is 0 Å². The maximum atomic E-state index is 12.5. The molecule has 0 aliphatic heterocycles. The molecule has 152 valence electrons. The highest BCUT2D eigenvalue weighted by molar-refractivity contribution is 5.91. The number of carbonyl (C=O) groups is 1. The Balaban J connectivity index is 1.42. The highest BCUT2D eigenvalue weighted by Crippen LogP contribution is 2.61. The minimum absolute atomic E-state index is 0.110. The Morgan fingerprint density at radius 2 is 1.90 bits per heavy atom. The van der Waals surface area contributed by atoms with Gasteiger partial charge in [0.25, 0.3) is 0 Å². The number of carbonyl (C=O) groups excluding carboxylic acids is 1. The van der Waals surface area contributed by atoms with Gasteiger partial charge < -0.3 is 9.84 Å². The highest BCUT2D eigenvalue weighted by atomic mass is 16.5. The van der Waals surface area contributed by atoms with Crippen LogP contribution in [0.4, 0.5) is 0 Å². The maximum Gasteiger partial charge on any atom is 0.343 e. The van der Waals surface area contributed by atoms with E-state index in [-0.39, 0.29) is 17.5 Å². The summed E-state index contributed by atoms with van der Waals surface area (Å²) in [6.07, 6.45) is 6.49. The fourth-order valence-corrected chi connectivity index (χ4v) is 6.53. The van der Waals surface area contributed by atoms with Crippen LogP contribution in [0.15, 0.2) is 42.5 Å². The summed E-state index contributed by atoms with van der Waals surface area (Å²) in [5, 5.41) is 10.6. The number of aryl methyl sites for hydroxylation is 2. The van der Waals surface area contributed by atoms with Gasteiger partial charge in [-0.15, -0.1) is 0 Å². The third-order valence-corrected chi connectivity index (χ3v) is 8.18. The van der Waals surface area contributed by atoms with Crippen LogP contribution in [0.5, 0.6) is 5.75 Å². The first-order chi connectivity index (χ1) is 14.0. The van der Waals surface area contributed by atoms with Crippen LogP contribution in [0.25, 0.3) is 0 Å². The van der Waals surface area contributed by atoms with E-state index in [1.54, 1.807) is 12.1 Å². The van der Waals surface area contributed by atoms with Crippen LogP contribution in [-0.2, 0) is 6.42 Å². The van der Waals surface area contributed by atoms with Crippen molar-refractivity contribution in [3.8, 4) is 5.75 Å². The predicted octanol–water partition coefficient (Wildman–Crippen LogP) is 5.43. The Hall–Kier alpha value is -2.13. The lowest BCUT2D eigenvalue weighted by molar-refractivity contribution is -0.0226. The minimum Gasteiger partial charge on any atom is -0.423 e. The van der Waals surface area contributed by atoms with E-state index in [9.17, 15) is 9.90 Å². The molecule has 5 atom stereocenters. The first-order valence-electron chi connectivity index (χ1n) is 11.1. The molecule has 1 N–H and O–H groups in total. The summed E-state index contributed by atoms with van der Waals surface area (Å²) in [4.78, 5) is 12.5. The number of ether oxygens (including phenoxy) is 1. The summed E-state index contributed by atoms with van der Waals surface area (Å²) < 4.78 is 5.76. The largest absolute Gasteiger partial charge is 0.423 e. The number of hydrogen-bond acceptors (Lipinski definition) is 3. The van der Waals surface area contributed by atoms with Crippen molar-refractivity contribution in [1.82, 2.24) is 0 Å². The molecule has 0 bridgehead atoms. The normalized spacial score (nSPS) is 32.8. The van der Waals surface area contributed by atoms with Gasteiger partial charge in [0.05, 0.1) is 11.7 Å². The topological polar surface area (TPSA) is 46.5 Å². The third-order valence-electron chi connectivity index (χ3n) is 8.18. The number of benzene rings is 2. The second-order valence-corrected chi connectivity index (χ2v) is 9.63. The van der Waals surface area contributed by atoms with E-state index < -0.39 is 0 Å². The van der Waals surface area contributed by atoms with Crippen LogP contribution in [0, 0.1) is 24.2 Å². The standard InChI is InChI=1S/C26H30O3/c1-16-14-21-18(15-23(16)29-25(28)17-6-4-3-5-7-17)8-9-20-19(21)12-13-26(2)22(20)10-11-24(26)27/h3-7,14-15,19-20,22,24,27H,8-13H2,1-2H3/t19-,20+,22-,24-,26-/m0/s1. The average Bonchev–Trinajstić information content (AvgIpc) is 3.04. The Labute approximate surface area is 173 Å². The molecule has 2 fully saturated rings. The van der Waals surface area contributed by atoms with E-state index in [1.165, 1.54) is 24.0 Å². The Bertz CT molecular complexity index is 934. The molecule has 0 amide bonds. The summed E-state index contributed by atoms with van der Waals surface area (Å²) >= 11 is 0. The number of aliphatic hydroxyl groups is 1. The molecular weight excluding hydrogens is 360 g/mol. The van der Waals surface area contributed by atoms with Crippen molar-refractivity contribution < 1.29 is 14.6 Å². The van der Waals surface area contributed by atoms with Crippen LogP contribution in [0.2, 0.25) is 0 Å². The molecule has 5 rings (SSSR count). The molecule has 3 aliphatic rings. The van der Waals surface area contributed by atoms with Crippen molar-refractivity contribution in [1.29, 1.82) is 0 Å². The summed E-state index contributed by atoms with van der Waals surface area (Å²) in [7, 11) is 0. The number of hydrogen-bond donors (Lipinski definition) is 1. The average molecular weight is 391 g/mol. The van der Waals surface area contributed by atoms with Gasteiger partial charge in [0.1, 0.15) is 5.75 Å². The maximum absolute atomic E-state index is 12.5. The van der Waals surface area contributed by atoms with E-state index in [0.717, 1.165) is 31.2 Å². The summed E-state index contributed by atoms with van der Waals surface area (Å²) in [6, 6.07) is 13.6. The molecule has 0 aromatic heterocycles. The summed E-state index contributed by atoms with van der Waals surface area (Å²) in [5.41, 5.74) is 4.53. The van der Waals surface area contributed by atoms with Crippen molar-refractivity contribution in [2.45, 2.75) is 64.4 Å². The van der Waals surface area contributed by atoms with Crippen LogP contribution < -0.4 is 4.74 Å². The molecule has 2 aromatic carbocycles. The molecular formula is C26H30O3. The molecule has 29 heavy (non-hydrogen) atoms. The van der Waals surface area contributed by atoms with Gasteiger partial charge in [0, 0.05) is 0 Å². The van der Waals surface area contributed by atoms with Gasteiger partial charge in [-0.2, -0.15) is 0 Å². The molecule has 2 aromatic rings. The van der Waals surface area contributed by atoms with E-state index in [1.807, 2.05) is 25.1 Å². The van der Waals surface area contributed by atoms with Gasteiger partial charge in [-0.25, -0.2) is 4.79 Å². The van der Waals surface area contributed by atoms with Gasteiger partial charge in [0.2, 0.25) is 0 Å². The van der Waals surface area contributed by atoms with Gasteiger partial charge in [-0.05, 0) is 104 Å². The zero-order valence-corrected chi connectivity index (χ0v) is 17.4. The molecule has 0 spiro atoms. The smallest absolute Gasteiger partial charge is 0.343 e. The van der Waals surface area contributed by atoms with Gasteiger partial charge in [-0.3, -0.25) is 0 Å². The van der Waals surface area contributed by atoms with Crippen molar-refractivity contribution in [2.24, 2.45) is 17.3 Å². The first-order valence-corrected chi connectivity index (χ1v) is 11.1. The van der Waals surface area contributed by atoms with Crippen LogP contribution >= 0.6 is 0 Å². The Morgan fingerprint density at radius 1 is 1.10 bits per heavy atom. The first kappa shape index (κ1) is 18.9. The molecule has 2 saturated carbocycles. The molecule has 3 nitrogen and oxygen atoms in total. The van der Waals surface area contributed by atoms with Crippen molar-refractivity contribution >= 4 is 5.97 Å². The van der Waals surface area contributed by atoms with Crippen molar-refractivity contribution in [3.05, 3.63) is 64.7 Å². The fourth-order valence-electron chi connectivity index (χ4n) is 6.53. The van der Waals surface area contributed by atoms with E-state index >= 15 is 0 Å². The number of esters is 1. The quantitative estimate of drug-likeness (QED) is 0.549. The summed E-state index contributed by atoms with van der Waals surface area (Å²) in [6.45, 7) is 4.36. The molecule has 0 saturated heterocycles.